The topological polar surface area (TPSA) is 53.6 Å². The zero-order valence-electron chi connectivity index (χ0n) is 22.9. The first-order valence-electron chi connectivity index (χ1n) is 13.8. The molecule has 0 amide bonds. The lowest BCUT2D eigenvalue weighted by atomic mass is 9.91. The van der Waals surface area contributed by atoms with Crippen molar-refractivity contribution in [3.63, 3.8) is 0 Å². The van der Waals surface area contributed by atoms with E-state index in [0.717, 1.165) is 40.9 Å². The number of nitrogens with one attached hydrogen (secondary N) is 2. The predicted molar refractivity (Wildman–Crippen MR) is 155 cm³/mol. The molecule has 2 aromatic rings. The molecule has 0 aliphatic rings. The third-order valence-corrected chi connectivity index (χ3v) is 7.78. The van der Waals surface area contributed by atoms with Crippen molar-refractivity contribution in [1.29, 1.82) is 0 Å². The van der Waals surface area contributed by atoms with Crippen molar-refractivity contribution in [2.45, 2.75) is 98.4 Å². The minimum Gasteiger partial charge on any atom is -0.359 e. The van der Waals surface area contributed by atoms with Crippen molar-refractivity contribution < 1.29 is 0 Å². The summed E-state index contributed by atoms with van der Waals surface area (Å²) in [6.45, 7) is 11.9. The molecule has 3 unspecified atom stereocenters. The first kappa shape index (κ1) is 29.5. The van der Waals surface area contributed by atoms with Gasteiger partial charge >= 0.3 is 0 Å². The molecule has 2 aromatic heterocycles. The Hall–Kier alpha value is -1.75. The van der Waals surface area contributed by atoms with Crippen LogP contribution in [0.15, 0.2) is 48.4 Å². The quantitative estimate of drug-likeness (QED) is 0.150. The molecule has 35 heavy (non-hydrogen) atoms. The smallest absolute Gasteiger partial charge is 0.129 e. The Morgan fingerprint density at radius 1 is 0.943 bits per heavy atom. The molecule has 4 nitrogen and oxygen atoms in total. The van der Waals surface area contributed by atoms with Crippen molar-refractivity contribution in [2.75, 3.05) is 16.8 Å². The van der Waals surface area contributed by atoms with Crippen LogP contribution in [-0.4, -0.2) is 26.5 Å². The van der Waals surface area contributed by atoms with Crippen molar-refractivity contribution in [2.24, 2.45) is 17.8 Å². The highest BCUT2D eigenvalue weighted by Crippen LogP contribution is 2.23. The van der Waals surface area contributed by atoms with E-state index in [9.17, 15) is 0 Å². The van der Waals surface area contributed by atoms with Gasteiger partial charge < -0.3 is 10.3 Å². The maximum atomic E-state index is 4.46. The number of rotatable bonds is 19. The molecule has 0 saturated heterocycles. The van der Waals surface area contributed by atoms with Gasteiger partial charge in [0.2, 0.25) is 0 Å². The van der Waals surface area contributed by atoms with Gasteiger partial charge in [0.25, 0.3) is 0 Å². The van der Waals surface area contributed by atoms with Crippen molar-refractivity contribution in [3.8, 4) is 0 Å². The highest BCUT2D eigenvalue weighted by Gasteiger charge is 2.14. The number of allylic oxidation sites excluding steroid dienone is 1. The molecule has 2 heterocycles. The highest BCUT2D eigenvalue weighted by molar-refractivity contribution is 7.99. The van der Waals surface area contributed by atoms with Crippen LogP contribution in [0.3, 0.4) is 0 Å². The fourth-order valence-corrected chi connectivity index (χ4v) is 5.50. The summed E-state index contributed by atoms with van der Waals surface area (Å²) in [4.78, 5) is 12.1. The molecule has 0 bridgehead atoms. The minimum atomic E-state index is 0.123. The van der Waals surface area contributed by atoms with E-state index < -0.39 is 0 Å². The van der Waals surface area contributed by atoms with Gasteiger partial charge in [-0.3, -0.25) is 0 Å². The van der Waals surface area contributed by atoms with Crippen LogP contribution >= 0.6 is 11.8 Å². The standard InChI is InChI=1S/C30H50N4S/c1-24(2)11-8-12-25(3)13-9-14-26(4)15-10-16-27(5)18-22-35-23-28(30-32-20-21-33-30)34-29-17-6-7-19-31-29/h6-7,17-21,24-26,28H,8-16,22-23H2,1-5H3,(H,31,34)(H,32,33). The van der Waals surface area contributed by atoms with Crippen LogP contribution in [0.4, 0.5) is 5.82 Å². The maximum absolute atomic E-state index is 4.46. The summed E-state index contributed by atoms with van der Waals surface area (Å²) in [5.41, 5.74) is 1.52. The molecule has 0 aliphatic carbocycles. The van der Waals surface area contributed by atoms with Crippen molar-refractivity contribution in [3.05, 3.63) is 54.3 Å². The lowest BCUT2D eigenvalue weighted by Crippen LogP contribution is -2.16. The van der Waals surface area contributed by atoms with Gasteiger partial charge in [-0.25, -0.2) is 9.97 Å². The summed E-state index contributed by atoms with van der Waals surface area (Å²) in [5, 5.41) is 3.51. The normalized spacial score (nSPS) is 14.7. The Morgan fingerprint density at radius 2 is 1.66 bits per heavy atom. The predicted octanol–water partition coefficient (Wildman–Crippen LogP) is 9.08. The molecule has 0 fully saturated rings. The summed E-state index contributed by atoms with van der Waals surface area (Å²) >= 11 is 1.94. The fraction of sp³-hybridized carbons (Fsp3) is 0.667. The number of aromatic amines is 1. The van der Waals surface area contributed by atoms with E-state index in [1.165, 1.54) is 63.4 Å². The second-order valence-electron chi connectivity index (χ2n) is 10.8. The van der Waals surface area contributed by atoms with Gasteiger partial charge in [0, 0.05) is 30.1 Å². The van der Waals surface area contributed by atoms with E-state index in [4.69, 9.17) is 0 Å². The van der Waals surface area contributed by atoms with E-state index in [1.54, 1.807) is 0 Å². The molecule has 2 N–H and O–H groups in total. The van der Waals surface area contributed by atoms with E-state index in [1.807, 2.05) is 48.6 Å². The molecule has 0 saturated carbocycles. The Morgan fingerprint density at radius 3 is 2.29 bits per heavy atom. The molecule has 0 aromatic carbocycles. The molecule has 0 radical (unpaired) electrons. The number of hydrogen-bond acceptors (Lipinski definition) is 4. The van der Waals surface area contributed by atoms with Crippen LogP contribution in [-0.2, 0) is 0 Å². The van der Waals surface area contributed by atoms with Crippen LogP contribution in [0, 0.1) is 17.8 Å². The summed E-state index contributed by atoms with van der Waals surface area (Å²) in [6, 6.07) is 6.06. The number of imidazole rings is 1. The van der Waals surface area contributed by atoms with Gasteiger partial charge in [-0.05, 0) is 49.7 Å². The molecular weight excluding hydrogens is 448 g/mol. The molecular formula is C30H50N4S. The lowest BCUT2D eigenvalue weighted by molar-refractivity contribution is 0.389. The van der Waals surface area contributed by atoms with E-state index in [0.29, 0.717) is 0 Å². The highest BCUT2D eigenvalue weighted by atomic mass is 32.2. The van der Waals surface area contributed by atoms with E-state index >= 15 is 0 Å². The number of thioether (sulfide) groups is 1. The molecule has 2 rings (SSSR count). The average molecular weight is 499 g/mol. The Balaban J connectivity index is 1.58. The molecule has 5 heteroatoms. The Bertz CT molecular complexity index is 788. The van der Waals surface area contributed by atoms with Crippen LogP contribution in [0.25, 0.3) is 0 Å². The number of pyridine rings is 1. The number of H-pyrrole nitrogens is 1. The summed E-state index contributed by atoms with van der Waals surface area (Å²) < 4.78 is 0. The SMILES string of the molecule is CC(=CCSCC(Nc1ccccn1)c1ncc[nH]1)CCCC(C)CCCC(C)CCCC(C)C. The van der Waals surface area contributed by atoms with Crippen molar-refractivity contribution >= 4 is 17.6 Å². The molecule has 0 spiro atoms. The Kier molecular flexibility index (Phi) is 14.9. The zero-order chi connectivity index (χ0) is 25.3. The first-order chi connectivity index (χ1) is 16.9. The molecule has 196 valence electrons. The van der Waals surface area contributed by atoms with Crippen LogP contribution < -0.4 is 5.32 Å². The maximum Gasteiger partial charge on any atom is 0.129 e. The van der Waals surface area contributed by atoms with Gasteiger partial charge in [0.15, 0.2) is 0 Å². The second-order valence-corrected chi connectivity index (χ2v) is 11.9. The summed E-state index contributed by atoms with van der Waals surface area (Å²) in [5.74, 6) is 6.43. The summed E-state index contributed by atoms with van der Waals surface area (Å²) in [7, 11) is 0. The van der Waals surface area contributed by atoms with Gasteiger partial charge in [0.05, 0.1) is 6.04 Å². The second kappa shape index (κ2) is 17.6. The van der Waals surface area contributed by atoms with E-state index in [-0.39, 0.29) is 6.04 Å². The van der Waals surface area contributed by atoms with Crippen LogP contribution in [0.1, 0.15) is 104 Å². The van der Waals surface area contributed by atoms with Gasteiger partial charge in [-0.1, -0.05) is 90.4 Å². The van der Waals surface area contributed by atoms with Crippen LogP contribution in [0.2, 0.25) is 0 Å². The van der Waals surface area contributed by atoms with Gasteiger partial charge in [-0.2, -0.15) is 11.8 Å². The largest absolute Gasteiger partial charge is 0.359 e. The lowest BCUT2D eigenvalue weighted by Gasteiger charge is -2.17. The summed E-state index contributed by atoms with van der Waals surface area (Å²) in [6.07, 6.45) is 20.2. The minimum absolute atomic E-state index is 0.123. The number of hydrogen-bond donors (Lipinski definition) is 2. The monoisotopic (exact) mass is 498 g/mol. The number of anilines is 1. The van der Waals surface area contributed by atoms with Gasteiger partial charge in [-0.15, -0.1) is 0 Å². The average Bonchev–Trinajstić information content (AvgIpc) is 3.36. The van der Waals surface area contributed by atoms with Crippen molar-refractivity contribution in [1.82, 2.24) is 15.0 Å². The zero-order valence-corrected chi connectivity index (χ0v) is 23.7. The number of nitrogens with zero attached hydrogens (tertiary/aromatic N) is 2. The van der Waals surface area contributed by atoms with Crippen LogP contribution in [0.5, 0.6) is 0 Å². The van der Waals surface area contributed by atoms with E-state index in [2.05, 4.69) is 61.0 Å². The first-order valence-corrected chi connectivity index (χ1v) is 15.0. The molecule has 0 aliphatic heterocycles. The van der Waals surface area contributed by atoms with Gasteiger partial charge in [0.1, 0.15) is 11.6 Å². The Labute approximate surface area is 219 Å². The number of aromatic nitrogens is 3. The third-order valence-electron chi connectivity index (χ3n) is 6.81. The molecule has 3 atom stereocenters. The fourth-order valence-electron chi connectivity index (χ4n) is 4.48. The third kappa shape index (κ3) is 13.8.